The molecule has 0 radical (unpaired) electrons. The summed E-state index contributed by atoms with van der Waals surface area (Å²) >= 11 is 33.4. The van der Waals surface area contributed by atoms with Crippen LogP contribution in [0, 0.1) is 23.7 Å². The molecule has 5 rings (SSSR count). The van der Waals surface area contributed by atoms with E-state index >= 15 is 0 Å². The number of carbonyl (C=O) groups is 1. The zero-order valence-electron chi connectivity index (χ0n) is 9.79. The Morgan fingerprint density at radius 1 is 0.950 bits per heavy atom. The van der Waals surface area contributed by atoms with E-state index < -0.39 is 9.75 Å². The van der Waals surface area contributed by atoms with Gasteiger partial charge in [-0.25, -0.2) is 0 Å². The Kier molecular flexibility index (Phi) is 3.13. The van der Waals surface area contributed by atoms with E-state index in [1.54, 1.807) is 0 Å². The molecule has 0 heterocycles. The quantitative estimate of drug-likeness (QED) is 0.359. The highest BCUT2D eigenvalue weighted by Gasteiger charge is 2.79. The number of alkyl halides is 4. The third-order valence-electron chi connectivity index (χ3n) is 5.33. The van der Waals surface area contributed by atoms with Crippen molar-refractivity contribution in [1.29, 1.82) is 0 Å². The summed E-state index contributed by atoms with van der Waals surface area (Å²) in [5.74, 6) is -0.0103. The number of allylic oxidation sites excluding steroid dienone is 4. The Labute approximate surface area is 153 Å². The van der Waals surface area contributed by atoms with Crippen molar-refractivity contribution in [3.8, 4) is 0 Å². The molecule has 5 aliphatic carbocycles. The molecule has 0 saturated heterocycles. The van der Waals surface area contributed by atoms with E-state index in [4.69, 9.17) is 46.4 Å². The minimum atomic E-state index is -1.26. The van der Waals surface area contributed by atoms with Crippen LogP contribution in [0.15, 0.2) is 22.2 Å². The summed E-state index contributed by atoms with van der Waals surface area (Å²) in [7, 11) is 0. The van der Waals surface area contributed by atoms with Crippen molar-refractivity contribution < 1.29 is 4.79 Å². The van der Waals surface area contributed by atoms with E-state index in [2.05, 4.69) is 37.9 Å². The molecule has 20 heavy (non-hydrogen) atoms. The molecule has 8 atom stereocenters. The minimum Gasteiger partial charge on any atom is -0.291 e. The molecule has 0 aromatic carbocycles. The van der Waals surface area contributed by atoms with Gasteiger partial charge in [0.2, 0.25) is 0 Å². The van der Waals surface area contributed by atoms with Crippen LogP contribution in [0.4, 0.5) is 0 Å². The van der Waals surface area contributed by atoms with Crippen molar-refractivity contribution >= 4 is 84.0 Å². The molecule has 0 aromatic heterocycles. The van der Waals surface area contributed by atoms with Gasteiger partial charge in [0, 0.05) is 21.5 Å². The van der Waals surface area contributed by atoms with Gasteiger partial charge in [0.1, 0.15) is 14.8 Å². The topological polar surface area (TPSA) is 17.1 Å². The summed E-state index contributed by atoms with van der Waals surface area (Å²) in [6.07, 6.45) is 4.07. The molecular formula is C13H8Br2Cl4O. The van der Waals surface area contributed by atoms with E-state index in [1.807, 2.05) is 6.08 Å². The van der Waals surface area contributed by atoms with Crippen LogP contribution in [-0.4, -0.2) is 25.2 Å². The number of Topliss-reactive ketones (excluding diaryl/α,β-unsaturated/α-hetero) is 1. The van der Waals surface area contributed by atoms with Crippen LogP contribution in [-0.2, 0) is 4.79 Å². The number of halogens is 6. The fourth-order valence-corrected chi connectivity index (χ4v) is 8.33. The summed E-state index contributed by atoms with van der Waals surface area (Å²) in [5, 5.41) is 0.199. The van der Waals surface area contributed by atoms with Crippen LogP contribution in [0.3, 0.4) is 0 Å². The van der Waals surface area contributed by atoms with Gasteiger partial charge in [0.15, 0.2) is 5.78 Å². The van der Waals surface area contributed by atoms with Crippen molar-refractivity contribution in [2.45, 2.75) is 19.4 Å². The zero-order valence-corrected chi connectivity index (χ0v) is 16.0. The first-order valence-corrected chi connectivity index (χ1v) is 9.57. The predicted molar refractivity (Wildman–Crippen MR) is 89.4 cm³/mol. The Morgan fingerprint density at radius 3 is 1.90 bits per heavy atom. The predicted octanol–water partition coefficient (Wildman–Crippen LogP) is 4.80. The first-order chi connectivity index (χ1) is 9.27. The largest absolute Gasteiger partial charge is 0.291 e. The van der Waals surface area contributed by atoms with E-state index in [1.165, 1.54) is 0 Å². The lowest BCUT2D eigenvalue weighted by atomic mass is 9.46. The van der Waals surface area contributed by atoms with Crippen molar-refractivity contribution in [2.24, 2.45) is 23.7 Å². The second kappa shape index (κ2) is 4.21. The van der Waals surface area contributed by atoms with E-state index in [-0.39, 0.29) is 38.4 Å². The SMILES string of the molecule is O=C1C(Cl)=C(Cl)[C@]2(Cl)[C@H]3C=C[C@@H]([C@@H]4[C@H](Br)[C@H](Br)[C@@H]43)[C@]12Cl. The summed E-state index contributed by atoms with van der Waals surface area (Å²) in [4.78, 5) is 10.8. The van der Waals surface area contributed by atoms with Crippen LogP contribution in [0.1, 0.15) is 0 Å². The van der Waals surface area contributed by atoms with Gasteiger partial charge < -0.3 is 0 Å². The molecule has 0 aliphatic heterocycles. The highest BCUT2D eigenvalue weighted by Crippen LogP contribution is 2.73. The smallest absolute Gasteiger partial charge is 0.199 e. The normalized spacial score (nSPS) is 59.6. The molecule has 0 amide bonds. The third-order valence-corrected chi connectivity index (χ3v) is 11.0. The summed E-state index contributed by atoms with van der Waals surface area (Å²) in [6.45, 7) is 0. The summed E-state index contributed by atoms with van der Waals surface area (Å²) < 4.78 is 0. The van der Waals surface area contributed by atoms with Gasteiger partial charge >= 0.3 is 0 Å². The Balaban J connectivity index is 1.96. The number of carbonyl (C=O) groups excluding carboxylic acids is 1. The van der Waals surface area contributed by atoms with E-state index in [0.717, 1.165) is 0 Å². The summed E-state index contributed by atoms with van der Waals surface area (Å²) in [5.41, 5.74) is 0. The van der Waals surface area contributed by atoms with Crippen molar-refractivity contribution in [1.82, 2.24) is 0 Å². The second-order valence-corrected chi connectivity index (χ2v) is 9.92. The van der Waals surface area contributed by atoms with Crippen LogP contribution < -0.4 is 0 Å². The lowest BCUT2D eigenvalue weighted by Gasteiger charge is -2.66. The lowest BCUT2D eigenvalue weighted by molar-refractivity contribution is -0.122. The van der Waals surface area contributed by atoms with Gasteiger partial charge in [0.05, 0.1) is 5.03 Å². The van der Waals surface area contributed by atoms with Gasteiger partial charge in [0.25, 0.3) is 0 Å². The van der Waals surface area contributed by atoms with Crippen LogP contribution >= 0.6 is 78.3 Å². The van der Waals surface area contributed by atoms with Gasteiger partial charge in [-0.1, -0.05) is 67.2 Å². The monoisotopic (exact) mass is 478 g/mol. The van der Waals surface area contributed by atoms with Gasteiger partial charge in [-0.3, -0.25) is 4.79 Å². The molecule has 108 valence electrons. The average Bonchev–Trinajstić information content (AvgIpc) is 2.60. The van der Waals surface area contributed by atoms with E-state index in [0.29, 0.717) is 10.7 Å². The molecule has 0 aromatic rings. The first kappa shape index (κ1) is 14.8. The highest BCUT2D eigenvalue weighted by atomic mass is 79.9. The fraction of sp³-hybridized carbons (Fsp3) is 0.615. The first-order valence-electron chi connectivity index (χ1n) is 6.22. The van der Waals surface area contributed by atoms with Crippen LogP contribution in [0.5, 0.6) is 0 Å². The third kappa shape index (κ3) is 1.27. The summed E-state index contributed by atoms with van der Waals surface area (Å²) in [6, 6.07) is 0. The zero-order chi connectivity index (χ0) is 14.6. The maximum atomic E-state index is 12.6. The molecule has 7 heteroatoms. The van der Waals surface area contributed by atoms with Crippen LogP contribution in [0.2, 0.25) is 0 Å². The molecule has 0 N–H and O–H groups in total. The van der Waals surface area contributed by atoms with Crippen molar-refractivity contribution in [2.75, 3.05) is 0 Å². The van der Waals surface area contributed by atoms with Crippen molar-refractivity contribution in [3.63, 3.8) is 0 Å². The molecule has 0 spiro atoms. The van der Waals surface area contributed by atoms with Gasteiger partial charge in [-0.2, -0.15) is 0 Å². The molecule has 1 nitrogen and oxygen atoms in total. The van der Waals surface area contributed by atoms with Crippen LogP contribution in [0.25, 0.3) is 0 Å². The minimum absolute atomic E-state index is 0.00564. The van der Waals surface area contributed by atoms with Crippen molar-refractivity contribution in [3.05, 3.63) is 22.2 Å². The van der Waals surface area contributed by atoms with Gasteiger partial charge in [-0.15, -0.1) is 23.2 Å². The molecular weight excluding hydrogens is 474 g/mol. The van der Waals surface area contributed by atoms with Gasteiger partial charge in [-0.05, 0) is 11.8 Å². The second-order valence-electron chi connectivity index (χ2n) is 5.86. The molecule has 2 fully saturated rings. The standard InChI is InChI=1S/C13H8Br2Cl4O/c14-7-5-3-1-2-4(6(5)8(7)15)13(19)11(20)9(16)10(17)12(3,13)18/h1-8H/t3-,4-,5+,6-,7+,8-,12+,13-/m0/s1. The molecule has 5 aliphatic rings. The fourth-order valence-electron chi connectivity index (χ4n) is 4.40. The maximum absolute atomic E-state index is 12.6. The number of hydrogen-bond donors (Lipinski definition) is 0. The Morgan fingerprint density at radius 2 is 1.40 bits per heavy atom. The lowest BCUT2D eigenvalue weighted by Crippen LogP contribution is -2.74. The number of hydrogen-bond acceptors (Lipinski definition) is 1. The molecule has 0 unspecified atom stereocenters. The Bertz CT molecular complexity index is 605. The Hall–Kier alpha value is 1.27. The molecule has 2 saturated carbocycles. The maximum Gasteiger partial charge on any atom is 0.199 e. The number of rotatable bonds is 0. The average molecular weight is 482 g/mol. The van der Waals surface area contributed by atoms with E-state index in [9.17, 15) is 4.79 Å². The number of ketones is 1. The molecule has 2 bridgehead atoms. The highest BCUT2D eigenvalue weighted by molar-refractivity contribution is 9.12.